The summed E-state index contributed by atoms with van der Waals surface area (Å²) in [6, 6.07) is 7.58. The van der Waals surface area contributed by atoms with Crippen LogP contribution in [0.5, 0.6) is 0 Å². The van der Waals surface area contributed by atoms with Crippen LogP contribution in [0.1, 0.15) is 44.0 Å². The predicted molar refractivity (Wildman–Crippen MR) is 82.3 cm³/mol. The van der Waals surface area contributed by atoms with Gasteiger partial charge in [-0.25, -0.2) is 0 Å². The van der Waals surface area contributed by atoms with E-state index in [1.54, 1.807) is 13.1 Å². The molecule has 0 amide bonds. The van der Waals surface area contributed by atoms with Gasteiger partial charge in [0.25, 0.3) is 0 Å². The Kier molecular flexibility index (Phi) is 4.78. The smallest absolute Gasteiger partial charge is 0.306 e. The summed E-state index contributed by atoms with van der Waals surface area (Å²) in [5, 5.41) is 0.854. The number of H-pyrrole nitrogens is 1. The Labute approximate surface area is 124 Å². The third-order valence-corrected chi connectivity index (χ3v) is 3.46. The van der Waals surface area contributed by atoms with E-state index in [2.05, 4.69) is 4.98 Å². The van der Waals surface area contributed by atoms with Gasteiger partial charge in [-0.2, -0.15) is 0 Å². The summed E-state index contributed by atoms with van der Waals surface area (Å²) in [7, 11) is 0. The first-order valence-corrected chi connectivity index (χ1v) is 7.29. The molecule has 0 unspecified atom stereocenters. The molecule has 1 atom stereocenters. The number of rotatable bonds is 6. The normalized spacial score (nSPS) is 12.6. The highest BCUT2D eigenvalue weighted by atomic mass is 16.5. The Balaban J connectivity index is 2.04. The van der Waals surface area contributed by atoms with Crippen LogP contribution >= 0.6 is 0 Å². The summed E-state index contributed by atoms with van der Waals surface area (Å²) in [5.74, 6) is -0.0492. The zero-order chi connectivity index (χ0) is 15.4. The second-order valence-corrected chi connectivity index (χ2v) is 5.68. The van der Waals surface area contributed by atoms with Crippen LogP contribution in [-0.4, -0.2) is 22.8 Å². The van der Waals surface area contributed by atoms with Gasteiger partial charge in [0.15, 0.2) is 6.10 Å². The van der Waals surface area contributed by atoms with Gasteiger partial charge in [-0.15, -0.1) is 0 Å². The van der Waals surface area contributed by atoms with Crippen molar-refractivity contribution in [3.05, 3.63) is 36.0 Å². The standard InChI is InChI=1S/C17H21NO3/c1-11(2)8-9-16(19)21-12(3)17(20)14-10-18-15-7-5-4-6-13(14)15/h4-7,10-12,18H,8-9H2,1-3H3/t12-/m0/s1. The lowest BCUT2D eigenvalue weighted by Gasteiger charge is -2.12. The number of hydrogen-bond donors (Lipinski definition) is 1. The van der Waals surface area contributed by atoms with E-state index in [-0.39, 0.29) is 11.8 Å². The number of ether oxygens (including phenoxy) is 1. The number of aromatic nitrogens is 1. The highest BCUT2D eigenvalue weighted by molar-refractivity contribution is 6.10. The van der Waals surface area contributed by atoms with E-state index < -0.39 is 6.10 Å². The molecule has 0 aliphatic carbocycles. The van der Waals surface area contributed by atoms with Crippen LogP contribution in [0.4, 0.5) is 0 Å². The lowest BCUT2D eigenvalue weighted by atomic mass is 10.1. The fourth-order valence-corrected chi connectivity index (χ4v) is 2.21. The summed E-state index contributed by atoms with van der Waals surface area (Å²) in [5.41, 5.74) is 1.47. The monoisotopic (exact) mass is 287 g/mol. The number of benzene rings is 1. The van der Waals surface area contributed by atoms with Crippen molar-refractivity contribution in [2.45, 2.75) is 39.7 Å². The van der Waals surface area contributed by atoms with Crippen LogP contribution in [0.15, 0.2) is 30.5 Å². The maximum Gasteiger partial charge on any atom is 0.306 e. The van der Waals surface area contributed by atoms with E-state index in [9.17, 15) is 9.59 Å². The molecule has 0 saturated heterocycles. The summed E-state index contributed by atoms with van der Waals surface area (Å²) < 4.78 is 5.23. The molecule has 0 aliphatic rings. The molecule has 0 aliphatic heterocycles. The van der Waals surface area contributed by atoms with E-state index >= 15 is 0 Å². The molecule has 0 fully saturated rings. The average Bonchev–Trinajstić information content (AvgIpc) is 2.88. The molecule has 21 heavy (non-hydrogen) atoms. The predicted octanol–water partition coefficient (Wildman–Crippen LogP) is 3.72. The molecule has 1 heterocycles. The molecule has 4 nitrogen and oxygen atoms in total. The molecule has 0 radical (unpaired) electrons. The SMILES string of the molecule is CC(C)CCC(=O)O[C@@H](C)C(=O)c1c[nH]c2ccccc12. The minimum Gasteiger partial charge on any atom is -0.454 e. The quantitative estimate of drug-likeness (QED) is 0.650. The van der Waals surface area contributed by atoms with Crippen molar-refractivity contribution in [1.82, 2.24) is 4.98 Å². The lowest BCUT2D eigenvalue weighted by Crippen LogP contribution is -2.24. The number of Topliss-reactive ketones (excluding diaryl/α,β-unsaturated/α-hetero) is 1. The van der Waals surface area contributed by atoms with Crippen molar-refractivity contribution in [2.75, 3.05) is 0 Å². The fourth-order valence-electron chi connectivity index (χ4n) is 2.21. The molecule has 1 N–H and O–H groups in total. The van der Waals surface area contributed by atoms with Crippen LogP contribution in [0, 0.1) is 5.92 Å². The van der Waals surface area contributed by atoms with Crippen molar-refractivity contribution in [3.63, 3.8) is 0 Å². The van der Waals surface area contributed by atoms with E-state index in [0.29, 0.717) is 17.9 Å². The first kappa shape index (κ1) is 15.3. The van der Waals surface area contributed by atoms with E-state index in [1.807, 2.05) is 38.1 Å². The lowest BCUT2D eigenvalue weighted by molar-refractivity contribution is -0.146. The number of ketones is 1. The molecule has 2 aromatic rings. The van der Waals surface area contributed by atoms with Gasteiger partial charge in [-0.05, 0) is 25.3 Å². The minimum atomic E-state index is -0.760. The fraction of sp³-hybridized carbons (Fsp3) is 0.412. The number of carbonyl (C=O) groups is 2. The zero-order valence-corrected chi connectivity index (χ0v) is 12.7. The number of para-hydroxylation sites is 1. The van der Waals surface area contributed by atoms with Gasteiger partial charge in [0.1, 0.15) is 0 Å². The number of hydrogen-bond acceptors (Lipinski definition) is 3. The van der Waals surface area contributed by atoms with Crippen molar-refractivity contribution in [2.24, 2.45) is 5.92 Å². The third kappa shape index (κ3) is 3.72. The van der Waals surface area contributed by atoms with Crippen LogP contribution in [-0.2, 0) is 9.53 Å². The Bertz CT molecular complexity index is 642. The van der Waals surface area contributed by atoms with Crippen molar-refractivity contribution < 1.29 is 14.3 Å². The summed E-state index contributed by atoms with van der Waals surface area (Å²) >= 11 is 0. The molecule has 4 heteroatoms. The van der Waals surface area contributed by atoms with E-state index in [0.717, 1.165) is 17.3 Å². The second-order valence-electron chi connectivity index (χ2n) is 5.68. The van der Waals surface area contributed by atoms with Gasteiger partial charge in [-0.3, -0.25) is 9.59 Å². The van der Waals surface area contributed by atoms with Gasteiger partial charge in [-0.1, -0.05) is 32.0 Å². The van der Waals surface area contributed by atoms with E-state index in [4.69, 9.17) is 4.74 Å². The average molecular weight is 287 g/mol. The van der Waals surface area contributed by atoms with Gasteiger partial charge >= 0.3 is 5.97 Å². The molecule has 0 spiro atoms. The number of carbonyl (C=O) groups excluding carboxylic acids is 2. The summed E-state index contributed by atoms with van der Waals surface area (Å²) in [6.07, 6.45) is 2.03. The molecule has 0 saturated carbocycles. The third-order valence-electron chi connectivity index (χ3n) is 3.46. The van der Waals surface area contributed by atoms with Crippen molar-refractivity contribution in [1.29, 1.82) is 0 Å². The van der Waals surface area contributed by atoms with Crippen LogP contribution in [0.2, 0.25) is 0 Å². The Hall–Kier alpha value is -2.10. The highest BCUT2D eigenvalue weighted by Crippen LogP contribution is 2.20. The molecule has 1 aromatic heterocycles. The molecule has 2 rings (SSSR count). The largest absolute Gasteiger partial charge is 0.454 e. The number of esters is 1. The molecule has 112 valence electrons. The number of fused-ring (bicyclic) bond motifs is 1. The maximum atomic E-state index is 12.4. The molecular formula is C17H21NO3. The summed E-state index contributed by atoms with van der Waals surface area (Å²) in [4.78, 5) is 27.2. The number of nitrogens with one attached hydrogen (secondary N) is 1. The van der Waals surface area contributed by atoms with Gasteiger partial charge in [0.05, 0.1) is 0 Å². The van der Waals surface area contributed by atoms with E-state index in [1.165, 1.54) is 0 Å². The molecule has 0 bridgehead atoms. The second kappa shape index (κ2) is 6.57. The molecular weight excluding hydrogens is 266 g/mol. The van der Waals surface area contributed by atoms with Gasteiger partial charge < -0.3 is 9.72 Å². The first-order valence-electron chi connectivity index (χ1n) is 7.29. The molecule has 1 aromatic carbocycles. The van der Waals surface area contributed by atoms with Crippen molar-refractivity contribution in [3.8, 4) is 0 Å². The maximum absolute atomic E-state index is 12.4. The van der Waals surface area contributed by atoms with Gasteiger partial charge in [0.2, 0.25) is 5.78 Å². The van der Waals surface area contributed by atoms with Gasteiger partial charge in [0, 0.05) is 29.1 Å². The minimum absolute atomic E-state index is 0.176. The van der Waals surface area contributed by atoms with Crippen LogP contribution in [0.25, 0.3) is 10.9 Å². The summed E-state index contributed by atoms with van der Waals surface area (Å²) in [6.45, 7) is 5.72. The number of aromatic amines is 1. The zero-order valence-electron chi connectivity index (χ0n) is 12.7. The Morgan fingerprint density at radius 2 is 1.90 bits per heavy atom. The van der Waals surface area contributed by atoms with Crippen LogP contribution < -0.4 is 0 Å². The topological polar surface area (TPSA) is 59.2 Å². The Morgan fingerprint density at radius 1 is 1.19 bits per heavy atom. The Morgan fingerprint density at radius 3 is 2.62 bits per heavy atom. The highest BCUT2D eigenvalue weighted by Gasteiger charge is 2.22. The first-order chi connectivity index (χ1) is 9.99. The van der Waals surface area contributed by atoms with Crippen LogP contribution in [0.3, 0.4) is 0 Å². The van der Waals surface area contributed by atoms with Crippen molar-refractivity contribution >= 4 is 22.7 Å².